The van der Waals surface area contributed by atoms with Gasteiger partial charge < -0.3 is 5.73 Å². The molecule has 1 saturated heterocycles. The molecule has 1 aliphatic heterocycles. The zero-order valence-electron chi connectivity index (χ0n) is 9.04. The van der Waals surface area contributed by atoms with Gasteiger partial charge in [0.15, 0.2) is 0 Å². The summed E-state index contributed by atoms with van der Waals surface area (Å²) in [5.41, 5.74) is 7.09. The molecule has 0 radical (unpaired) electrons. The lowest BCUT2D eigenvalue weighted by atomic mass is 10.1. The van der Waals surface area contributed by atoms with Crippen molar-refractivity contribution in [2.75, 3.05) is 18.8 Å². The van der Waals surface area contributed by atoms with E-state index in [2.05, 4.69) is 11.8 Å². The van der Waals surface area contributed by atoms with Crippen molar-refractivity contribution in [1.82, 2.24) is 4.90 Å². The number of nitrogens with zero attached hydrogens (tertiary/aromatic N) is 1. The van der Waals surface area contributed by atoms with Crippen molar-refractivity contribution in [3.05, 3.63) is 29.6 Å². The summed E-state index contributed by atoms with van der Waals surface area (Å²) in [6.45, 7) is 5.28. The van der Waals surface area contributed by atoms with E-state index in [0.29, 0.717) is 5.69 Å². The zero-order valence-corrected chi connectivity index (χ0v) is 9.04. The molecule has 82 valence electrons. The van der Waals surface area contributed by atoms with Crippen LogP contribution >= 0.6 is 0 Å². The molecule has 0 amide bonds. The molecule has 2 N–H and O–H groups in total. The monoisotopic (exact) mass is 208 g/mol. The first-order valence-corrected chi connectivity index (χ1v) is 5.41. The maximum atomic E-state index is 13.1. The molecule has 1 fully saturated rings. The first kappa shape index (κ1) is 10.4. The highest BCUT2D eigenvalue weighted by Crippen LogP contribution is 2.19. The van der Waals surface area contributed by atoms with Crippen molar-refractivity contribution in [1.29, 1.82) is 0 Å². The van der Waals surface area contributed by atoms with Crippen molar-refractivity contribution in [3.8, 4) is 0 Å². The lowest BCUT2D eigenvalue weighted by Gasteiger charge is -2.15. The normalized spacial score (nSPS) is 22.1. The number of benzene rings is 1. The van der Waals surface area contributed by atoms with Crippen molar-refractivity contribution in [3.63, 3.8) is 0 Å². The Labute approximate surface area is 89.9 Å². The van der Waals surface area contributed by atoms with E-state index in [0.717, 1.165) is 31.1 Å². The second-order valence-electron chi connectivity index (χ2n) is 4.52. The average molecular weight is 208 g/mol. The van der Waals surface area contributed by atoms with Crippen LogP contribution in [0.4, 0.5) is 10.1 Å². The van der Waals surface area contributed by atoms with Crippen molar-refractivity contribution < 1.29 is 4.39 Å². The molecule has 0 aromatic heterocycles. The molecule has 15 heavy (non-hydrogen) atoms. The third-order valence-corrected chi connectivity index (χ3v) is 2.89. The summed E-state index contributed by atoms with van der Waals surface area (Å²) in [7, 11) is 0. The van der Waals surface area contributed by atoms with Crippen LogP contribution in [0.5, 0.6) is 0 Å². The molecular weight excluding hydrogens is 191 g/mol. The minimum absolute atomic E-state index is 0.239. The quantitative estimate of drug-likeness (QED) is 0.755. The molecule has 3 heteroatoms. The molecule has 0 spiro atoms. The summed E-state index contributed by atoms with van der Waals surface area (Å²) in [5.74, 6) is 0.521. The van der Waals surface area contributed by atoms with E-state index in [-0.39, 0.29) is 5.82 Å². The number of hydrogen-bond acceptors (Lipinski definition) is 2. The van der Waals surface area contributed by atoms with Crippen LogP contribution in [0.1, 0.15) is 18.9 Å². The van der Waals surface area contributed by atoms with Crippen LogP contribution in [0.25, 0.3) is 0 Å². The van der Waals surface area contributed by atoms with Crippen LogP contribution in [-0.2, 0) is 6.54 Å². The number of rotatable bonds is 2. The zero-order chi connectivity index (χ0) is 10.8. The van der Waals surface area contributed by atoms with Crippen LogP contribution < -0.4 is 5.73 Å². The predicted molar refractivity (Wildman–Crippen MR) is 59.9 cm³/mol. The second-order valence-corrected chi connectivity index (χ2v) is 4.52. The Morgan fingerprint density at radius 1 is 1.47 bits per heavy atom. The summed E-state index contributed by atoms with van der Waals surface area (Å²) in [6, 6.07) is 4.78. The Bertz CT molecular complexity index is 331. The smallest absolute Gasteiger partial charge is 0.125 e. The average Bonchev–Trinajstić information content (AvgIpc) is 2.49. The maximum absolute atomic E-state index is 13.1. The van der Waals surface area contributed by atoms with Gasteiger partial charge in [-0.3, -0.25) is 4.90 Å². The van der Waals surface area contributed by atoms with E-state index in [4.69, 9.17) is 5.73 Å². The van der Waals surface area contributed by atoms with Gasteiger partial charge in [0, 0.05) is 18.8 Å². The minimum atomic E-state index is -0.239. The van der Waals surface area contributed by atoms with E-state index in [9.17, 15) is 4.39 Å². The highest BCUT2D eigenvalue weighted by atomic mass is 19.1. The molecule has 2 nitrogen and oxygen atoms in total. The van der Waals surface area contributed by atoms with Crippen LogP contribution in [0, 0.1) is 11.7 Å². The molecule has 0 bridgehead atoms. The van der Waals surface area contributed by atoms with Gasteiger partial charge in [-0.25, -0.2) is 4.39 Å². The standard InChI is InChI=1S/C12H17FN2/c1-9-2-3-15(7-9)8-10-4-11(13)6-12(14)5-10/h4-6,9H,2-3,7-8,14H2,1H3. The number of hydrogen-bond donors (Lipinski definition) is 1. The molecule has 1 heterocycles. The van der Waals surface area contributed by atoms with Gasteiger partial charge in [-0.05, 0) is 42.6 Å². The molecule has 1 atom stereocenters. The predicted octanol–water partition coefficient (Wildman–Crippen LogP) is 2.25. The summed E-state index contributed by atoms with van der Waals surface area (Å²) < 4.78 is 13.1. The number of nitrogen functional groups attached to an aromatic ring is 1. The molecule has 2 rings (SSSR count). The molecule has 0 aliphatic carbocycles. The first-order valence-electron chi connectivity index (χ1n) is 5.41. The summed E-state index contributed by atoms with van der Waals surface area (Å²) in [6.07, 6.45) is 1.24. The van der Waals surface area contributed by atoms with Gasteiger partial charge in [0.2, 0.25) is 0 Å². The van der Waals surface area contributed by atoms with E-state index < -0.39 is 0 Å². The van der Waals surface area contributed by atoms with E-state index in [1.807, 2.05) is 6.07 Å². The van der Waals surface area contributed by atoms with E-state index in [1.165, 1.54) is 12.5 Å². The first-order chi connectivity index (χ1) is 7.13. The third-order valence-electron chi connectivity index (χ3n) is 2.89. The fourth-order valence-corrected chi connectivity index (χ4v) is 2.19. The van der Waals surface area contributed by atoms with Crippen molar-refractivity contribution in [2.24, 2.45) is 5.92 Å². The second kappa shape index (κ2) is 4.19. The molecule has 1 aromatic rings. The fraction of sp³-hybridized carbons (Fsp3) is 0.500. The summed E-state index contributed by atoms with van der Waals surface area (Å²) in [5, 5.41) is 0. The van der Waals surface area contributed by atoms with Gasteiger partial charge >= 0.3 is 0 Å². The van der Waals surface area contributed by atoms with Crippen LogP contribution in [0.3, 0.4) is 0 Å². The van der Waals surface area contributed by atoms with Gasteiger partial charge in [-0.1, -0.05) is 6.92 Å². The van der Waals surface area contributed by atoms with Crippen LogP contribution in [-0.4, -0.2) is 18.0 Å². The number of halogens is 1. The van der Waals surface area contributed by atoms with Gasteiger partial charge in [0.25, 0.3) is 0 Å². The van der Waals surface area contributed by atoms with Gasteiger partial charge in [-0.2, -0.15) is 0 Å². The molecule has 0 saturated carbocycles. The van der Waals surface area contributed by atoms with Gasteiger partial charge in [0.05, 0.1) is 0 Å². The number of likely N-dealkylation sites (tertiary alicyclic amines) is 1. The number of anilines is 1. The Morgan fingerprint density at radius 2 is 2.27 bits per heavy atom. The Balaban J connectivity index is 2.04. The summed E-state index contributed by atoms with van der Waals surface area (Å²) >= 11 is 0. The molecular formula is C12H17FN2. The highest BCUT2D eigenvalue weighted by molar-refractivity contribution is 5.41. The van der Waals surface area contributed by atoms with E-state index >= 15 is 0 Å². The maximum Gasteiger partial charge on any atom is 0.125 e. The SMILES string of the molecule is CC1CCN(Cc2cc(N)cc(F)c2)C1. The largest absolute Gasteiger partial charge is 0.399 e. The van der Waals surface area contributed by atoms with Crippen LogP contribution in [0.15, 0.2) is 18.2 Å². The van der Waals surface area contributed by atoms with Crippen LogP contribution in [0.2, 0.25) is 0 Å². The molecule has 1 unspecified atom stereocenters. The van der Waals surface area contributed by atoms with Gasteiger partial charge in [0.1, 0.15) is 5.82 Å². The Morgan fingerprint density at radius 3 is 2.87 bits per heavy atom. The fourth-order valence-electron chi connectivity index (χ4n) is 2.19. The minimum Gasteiger partial charge on any atom is -0.399 e. The topological polar surface area (TPSA) is 29.3 Å². The highest BCUT2D eigenvalue weighted by Gasteiger charge is 2.18. The Hall–Kier alpha value is -1.09. The van der Waals surface area contributed by atoms with Crippen molar-refractivity contribution >= 4 is 5.69 Å². The molecule has 1 aromatic carbocycles. The third kappa shape index (κ3) is 2.69. The molecule has 1 aliphatic rings. The van der Waals surface area contributed by atoms with E-state index in [1.54, 1.807) is 6.07 Å². The lowest BCUT2D eigenvalue weighted by Crippen LogP contribution is -2.19. The number of nitrogens with two attached hydrogens (primary N) is 1. The van der Waals surface area contributed by atoms with Crippen molar-refractivity contribution in [2.45, 2.75) is 19.9 Å². The lowest BCUT2D eigenvalue weighted by molar-refractivity contribution is 0.320. The Kier molecular flexibility index (Phi) is 2.91. The summed E-state index contributed by atoms with van der Waals surface area (Å²) in [4.78, 5) is 2.35. The van der Waals surface area contributed by atoms with Gasteiger partial charge in [-0.15, -0.1) is 0 Å².